The van der Waals surface area contributed by atoms with E-state index in [9.17, 15) is 22.8 Å². The Hall–Kier alpha value is -2.25. The number of nitrogens with one attached hydrogen (secondary N) is 1. The van der Waals surface area contributed by atoms with Crippen LogP contribution in [0.5, 0.6) is 5.75 Å². The zero-order chi connectivity index (χ0) is 13.8. The van der Waals surface area contributed by atoms with Gasteiger partial charge in [0.2, 0.25) is 0 Å². The molecular weight excluding hydrogens is 255 g/mol. The summed E-state index contributed by atoms with van der Waals surface area (Å²) in [6, 6.07) is 4.32. The number of carboxylic acids is 1. The summed E-state index contributed by atoms with van der Waals surface area (Å²) in [7, 11) is 0. The zero-order valence-corrected chi connectivity index (χ0v) is 8.82. The van der Waals surface area contributed by atoms with Crippen molar-refractivity contribution in [1.82, 2.24) is 5.32 Å². The standard InChI is InChI=1S/C10H8F3NO4/c11-10(12,13)18-7-3-1-2-6(4-7)9(17)14-5-8(15)16/h1-4H,5H2,(H,14,17)(H,15,16). The molecule has 0 aliphatic heterocycles. The second-order valence-electron chi connectivity index (χ2n) is 3.15. The normalized spacial score (nSPS) is 10.8. The SMILES string of the molecule is O=C(O)CNC(=O)c1cccc(OC(F)(F)F)c1. The number of aliphatic carboxylic acids is 1. The van der Waals surface area contributed by atoms with Crippen LogP contribution in [0.15, 0.2) is 24.3 Å². The van der Waals surface area contributed by atoms with Gasteiger partial charge in [-0.2, -0.15) is 0 Å². The molecule has 0 bridgehead atoms. The van der Waals surface area contributed by atoms with Gasteiger partial charge >= 0.3 is 12.3 Å². The molecule has 0 heterocycles. The number of hydrogen-bond donors (Lipinski definition) is 2. The largest absolute Gasteiger partial charge is 0.573 e. The summed E-state index contributed by atoms with van der Waals surface area (Å²) in [5, 5.41) is 10.3. The Bertz CT molecular complexity index is 459. The molecule has 0 fully saturated rings. The minimum Gasteiger partial charge on any atom is -0.480 e. The fourth-order valence-corrected chi connectivity index (χ4v) is 1.09. The fraction of sp³-hybridized carbons (Fsp3) is 0.200. The third kappa shape index (κ3) is 4.73. The van der Waals surface area contributed by atoms with Gasteiger partial charge in [-0.25, -0.2) is 0 Å². The number of hydrogen-bond acceptors (Lipinski definition) is 3. The van der Waals surface area contributed by atoms with E-state index < -0.39 is 30.5 Å². The lowest BCUT2D eigenvalue weighted by Gasteiger charge is -2.09. The van der Waals surface area contributed by atoms with Gasteiger partial charge in [-0.05, 0) is 18.2 Å². The molecule has 18 heavy (non-hydrogen) atoms. The molecule has 0 aromatic heterocycles. The van der Waals surface area contributed by atoms with E-state index in [4.69, 9.17) is 5.11 Å². The first kappa shape index (κ1) is 13.8. The zero-order valence-electron chi connectivity index (χ0n) is 8.82. The predicted octanol–water partition coefficient (Wildman–Crippen LogP) is 1.40. The van der Waals surface area contributed by atoms with Crippen LogP contribution in [-0.2, 0) is 4.79 Å². The Labute approximate surface area is 99.2 Å². The second kappa shape index (κ2) is 5.39. The third-order valence-electron chi connectivity index (χ3n) is 1.73. The molecule has 0 spiro atoms. The minimum atomic E-state index is -4.85. The topological polar surface area (TPSA) is 75.6 Å². The maximum atomic E-state index is 11.9. The monoisotopic (exact) mass is 263 g/mol. The first-order chi connectivity index (χ1) is 8.28. The lowest BCUT2D eigenvalue weighted by atomic mass is 10.2. The number of carboxylic acid groups (broad SMARTS) is 1. The maximum absolute atomic E-state index is 11.9. The molecule has 8 heteroatoms. The number of ether oxygens (including phenoxy) is 1. The van der Waals surface area contributed by atoms with E-state index in [1.165, 1.54) is 12.1 Å². The average Bonchev–Trinajstić information content (AvgIpc) is 2.23. The van der Waals surface area contributed by atoms with Gasteiger partial charge in [0.05, 0.1) is 0 Å². The van der Waals surface area contributed by atoms with Crippen LogP contribution in [0.4, 0.5) is 13.2 Å². The molecule has 1 aromatic carbocycles. The Morgan fingerprint density at radius 1 is 1.33 bits per heavy atom. The molecule has 1 aromatic rings. The van der Waals surface area contributed by atoms with E-state index in [1.54, 1.807) is 0 Å². The molecule has 0 aliphatic rings. The van der Waals surface area contributed by atoms with Gasteiger partial charge in [0, 0.05) is 5.56 Å². The van der Waals surface area contributed by atoms with Crippen LogP contribution in [-0.4, -0.2) is 29.9 Å². The lowest BCUT2D eigenvalue weighted by Crippen LogP contribution is -2.29. The second-order valence-corrected chi connectivity index (χ2v) is 3.15. The highest BCUT2D eigenvalue weighted by Crippen LogP contribution is 2.23. The van der Waals surface area contributed by atoms with Gasteiger partial charge in [0.1, 0.15) is 12.3 Å². The molecule has 1 rings (SSSR count). The first-order valence-corrected chi connectivity index (χ1v) is 4.64. The van der Waals surface area contributed by atoms with E-state index in [-0.39, 0.29) is 5.56 Å². The smallest absolute Gasteiger partial charge is 0.480 e. The molecule has 98 valence electrons. The van der Waals surface area contributed by atoms with Gasteiger partial charge in [0.25, 0.3) is 5.91 Å². The summed E-state index contributed by atoms with van der Waals surface area (Å²) in [6.07, 6.45) is -4.85. The Morgan fingerprint density at radius 2 is 2.00 bits per heavy atom. The predicted molar refractivity (Wildman–Crippen MR) is 53.1 cm³/mol. The quantitative estimate of drug-likeness (QED) is 0.860. The molecule has 0 aliphatic carbocycles. The number of carbonyl (C=O) groups is 2. The van der Waals surface area contributed by atoms with Crippen molar-refractivity contribution >= 4 is 11.9 Å². The first-order valence-electron chi connectivity index (χ1n) is 4.64. The molecule has 0 atom stereocenters. The molecule has 1 amide bonds. The Kier molecular flexibility index (Phi) is 4.13. The summed E-state index contributed by atoms with van der Waals surface area (Å²) in [6.45, 7) is -0.622. The molecule has 0 saturated carbocycles. The van der Waals surface area contributed by atoms with Crippen molar-refractivity contribution < 1.29 is 32.6 Å². The summed E-state index contributed by atoms with van der Waals surface area (Å²) in [4.78, 5) is 21.6. The number of rotatable bonds is 4. The Morgan fingerprint density at radius 3 is 2.56 bits per heavy atom. The molecule has 5 nitrogen and oxygen atoms in total. The third-order valence-corrected chi connectivity index (χ3v) is 1.73. The highest BCUT2D eigenvalue weighted by Gasteiger charge is 2.31. The summed E-state index contributed by atoms with van der Waals surface area (Å²) in [5.41, 5.74) is -0.127. The van der Waals surface area contributed by atoms with Gasteiger partial charge < -0.3 is 15.2 Å². The minimum absolute atomic E-state index is 0.127. The van der Waals surface area contributed by atoms with Crippen molar-refractivity contribution in [2.75, 3.05) is 6.54 Å². The average molecular weight is 263 g/mol. The fourth-order valence-electron chi connectivity index (χ4n) is 1.09. The van der Waals surface area contributed by atoms with E-state index in [2.05, 4.69) is 4.74 Å². The van der Waals surface area contributed by atoms with E-state index in [0.29, 0.717) is 0 Å². The lowest BCUT2D eigenvalue weighted by molar-refractivity contribution is -0.274. The molecular formula is C10H8F3NO4. The molecule has 0 saturated heterocycles. The van der Waals surface area contributed by atoms with E-state index in [0.717, 1.165) is 12.1 Å². The summed E-state index contributed by atoms with van der Waals surface area (Å²) >= 11 is 0. The van der Waals surface area contributed by atoms with Gasteiger partial charge in [0.15, 0.2) is 0 Å². The van der Waals surface area contributed by atoms with Crippen LogP contribution < -0.4 is 10.1 Å². The maximum Gasteiger partial charge on any atom is 0.573 e. The van der Waals surface area contributed by atoms with Crippen LogP contribution in [0.3, 0.4) is 0 Å². The van der Waals surface area contributed by atoms with Crippen molar-refractivity contribution in [3.8, 4) is 5.75 Å². The van der Waals surface area contributed by atoms with E-state index in [1.807, 2.05) is 5.32 Å². The highest BCUT2D eigenvalue weighted by atomic mass is 19.4. The van der Waals surface area contributed by atoms with Crippen molar-refractivity contribution in [1.29, 1.82) is 0 Å². The number of halogens is 3. The molecule has 2 N–H and O–H groups in total. The van der Waals surface area contributed by atoms with Crippen LogP contribution in [0, 0.1) is 0 Å². The van der Waals surface area contributed by atoms with Crippen LogP contribution in [0.2, 0.25) is 0 Å². The van der Waals surface area contributed by atoms with Crippen molar-refractivity contribution in [2.45, 2.75) is 6.36 Å². The van der Waals surface area contributed by atoms with Gasteiger partial charge in [-0.1, -0.05) is 6.07 Å². The van der Waals surface area contributed by atoms with Gasteiger partial charge in [-0.15, -0.1) is 13.2 Å². The number of carbonyl (C=O) groups excluding carboxylic acids is 1. The van der Waals surface area contributed by atoms with Crippen LogP contribution >= 0.6 is 0 Å². The van der Waals surface area contributed by atoms with Crippen molar-refractivity contribution in [3.63, 3.8) is 0 Å². The molecule has 0 radical (unpaired) electrons. The molecule has 0 unspecified atom stereocenters. The number of amides is 1. The van der Waals surface area contributed by atoms with Gasteiger partial charge in [-0.3, -0.25) is 9.59 Å². The summed E-state index contributed by atoms with van der Waals surface area (Å²) in [5.74, 6) is -2.61. The van der Waals surface area contributed by atoms with Crippen LogP contribution in [0.1, 0.15) is 10.4 Å². The number of alkyl halides is 3. The summed E-state index contributed by atoms with van der Waals surface area (Å²) < 4.78 is 39.4. The van der Waals surface area contributed by atoms with Crippen LogP contribution in [0.25, 0.3) is 0 Å². The Balaban J connectivity index is 2.75. The number of benzene rings is 1. The highest BCUT2D eigenvalue weighted by molar-refractivity contribution is 5.96. The van der Waals surface area contributed by atoms with Crippen molar-refractivity contribution in [3.05, 3.63) is 29.8 Å². The van der Waals surface area contributed by atoms with E-state index >= 15 is 0 Å². The van der Waals surface area contributed by atoms with Crippen molar-refractivity contribution in [2.24, 2.45) is 0 Å².